The number of phenols is 1. The van der Waals surface area contributed by atoms with Gasteiger partial charge in [0.2, 0.25) is 0 Å². The van der Waals surface area contributed by atoms with Crippen LogP contribution in [0.15, 0.2) is 97.1 Å². The van der Waals surface area contributed by atoms with Crippen LogP contribution in [-0.4, -0.2) is 32.4 Å². The second kappa shape index (κ2) is 11.2. The van der Waals surface area contributed by atoms with E-state index in [1.165, 1.54) is 6.07 Å². The van der Waals surface area contributed by atoms with Crippen molar-refractivity contribution in [2.75, 3.05) is 5.75 Å². The number of rotatable bonds is 6. The number of carboxylic acid groups (broad SMARTS) is 1. The summed E-state index contributed by atoms with van der Waals surface area (Å²) in [7, 11) is 0. The summed E-state index contributed by atoms with van der Waals surface area (Å²) >= 11 is -1.36. The van der Waals surface area contributed by atoms with Gasteiger partial charge in [-0.15, -0.1) is 0 Å². The first kappa shape index (κ1) is 23.8. The SMILES string of the molecule is NC(=O)C[S+]([O-])C(c1ccccc1)c1ccccc1.O=C(O)c1ccc2ccccc2c1O. The molecule has 0 saturated carbocycles. The summed E-state index contributed by atoms with van der Waals surface area (Å²) in [5, 5.41) is 19.5. The number of primary amides is 1. The zero-order valence-corrected chi connectivity index (χ0v) is 18.4. The number of benzene rings is 4. The van der Waals surface area contributed by atoms with Gasteiger partial charge in [0.15, 0.2) is 11.0 Å². The minimum absolute atomic E-state index is 0.0660. The van der Waals surface area contributed by atoms with Crippen LogP contribution in [0.5, 0.6) is 5.75 Å². The number of nitrogens with two attached hydrogens (primary N) is 1. The van der Waals surface area contributed by atoms with Gasteiger partial charge in [-0.3, -0.25) is 4.79 Å². The zero-order chi connectivity index (χ0) is 23.8. The molecular formula is C26H23NO5S. The van der Waals surface area contributed by atoms with Gasteiger partial charge in [-0.25, -0.2) is 4.79 Å². The Kier molecular flexibility index (Phi) is 8.07. The molecule has 0 aliphatic carbocycles. The third-order valence-corrected chi connectivity index (χ3v) is 6.52. The smallest absolute Gasteiger partial charge is 0.339 e. The molecule has 7 heteroatoms. The Morgan fingerprint density at radius 1 is 0.818 bits per heavy atom. The van der Waals surface area contributed by atoms with Gasteiger partial charge >= 0.3 is 5.97 Å². The summed E-state index contributed by atoms with van der Waals surface area (Å²) in [4.78, 5) is 21.7. The molecule has 0 fully saturated rings. The van der Waals surface area contributed by atoms with Crippen LogP contribution in [0, 0.1) is 0 Å². The highest BCUT2D eigenvalue weighted by Gasteiger charge is 2.27. The van der Waals surface area contributed by atoms with Crippen molar-refractivity contribution in [3.8, 4) is 5.75 Å². The van der Waals surface area contributed by atoms with Gasteiger partial charge in [-0.1, -0.05) is 91.0 Å². The van der Waals surface area contributed by atoms with E-state index in [1.807, 2.05) is 72.8 Å². The largest absolute Gasteiger partial charge is 0.615 e. The first-order valence-corrected chi connectivity index (χ1v) is 11.5. The summed E-state index contributed by atoms with van der Waals surface area (Å²) in [6.07, 6.45) is 0. The molecule has 0 radical (unpaired) electrons. The lowest BCUT2D eigenvalue weighted by Crippen LogP contribution is -2.27. The maximum absolute atomic E-state index is 12.4. The fourth-order valence-electron chi connectivity index (χ4n) is 3.40. The van der Waals surface area contributed by atoms with Gasteiger partial charge in [-0.05, 0) is 22.6 Å². The monoisotopic (exact) mass is 461 g/mol. The van der Waals surface area contributed by atoms with Gasteiger partial charge in [0.25, 0.3) is 5.91 Å². The van der Waals surface area contributed by atoms with Crippen LogP contribution in [0.2, 0.25) is 0 Å². The molecule has 4 N–H and O–H groups in total. The lowest BCUT2D eigenvalue weighted by atomic mass is 10.0. The van der Waals surface area contributed by atoms with E-state index in [-0.39, 0.29) is 22.3 Å². The van der Waals surface area contributed by atoms with Crippen LogP contribution in [0.25, 0.3) is 10.8 Å². The zero-order valence-electron chi connectivity index (χ0n) is 17.6. The third kappa shape index (κ3) is 6.12. The molecule has 4 rings (SSSR count). The van der Waals surface area contributed by atoms with E-state index in [2.05, 4.69) is 0 Å². The molecule has 1 amide bonds. The fraction of sp³-hybridized carbons (Fsp3) is 0.0769. The molecule has 4 aromatic carbocycles. The lowest BCUT2D eigenvalue weighted by molar-refractivity contribution is -0.115. The van der Waals surface area contributed by atoms with Gasteiger partial charge in [0.1, 0.15) is 11.3 Å². The Hall–Kier alpha value is -3.81. The molecule has 33 heavy (non-hydrogen) atoms. The van der Waals surface area contributed by atoms with Crippen molar-refractivity contribution in [3.05, 3.63) is 114 Å². The molecule has 168 valence electrons. The second-order valence-electron chi connectivity index (χ2n) is 7.18. The standard InChI is InChI=1S/C15H15NO2S.C11H8O3/c16-14(17)11-19(18)15(12-7-3-1-4-8-12)13-9-5-2-6-10-13;12-10-8-4-2-1-3-7(8)5-6-9(10)11(13)14/h1-10,15H,11H2,(H2,16,17);1-6,12H,(H,13,14). The van der Waals surface area contributed by atoms with Crippen molar-refractivity contribution in [2.45, 2.75) is 5.25 Å². The van der Waals surface area contributed by atoms with Crippen LogP contribution in [-0.2, 0) is 16.0 Å². The van der Waals surface area contributed by atoms with Crippen molar-refractivity contribution >= 4 is 33.8 Å². The highest BCUT2D eigenvalue weighted by molar-refractivity contribution is 7.92. The Morgan fingerprint density at radius 3 is 1.85 bits per heavy atom. The molecule has 4 aromatic rings. The van der Waals surface area contributed by atoms with Crippen LogP contribution in [0.1, 0.15) is 26.7 Å². The van der Waals surface area contributed by atoms with Gasteiger partial charge in [-0.2, -0.15) is 0 Å². The predicted octanol–water partition coefficient (Wildman–Crippen LogP) is 4.25. The van der Waals surface area contributed by atoms with Crippen molar-refractivity contribution in [1.82, 2.24) is 0 Å². The van der Waals surface area contributed by atoms with Crippen molar-refractivity contribution in [1.29, 1.82) is 0 Å². The molecule has 6 nitrogen and oxygen atoms in total. The maximum Gasteiger partial charge on any atom is 0.339 e. The summed E-state index contributed by atoms with van der Waals surface area (Å²) in [5.74, 6) is -1.96. The number of fused-ring (bicyclic) bond motifs is 1. The highest BCUT2D eigenvalue weighted by atomic mass is 32.2. The number of aromatic hydroxyl groups is 1. The molecule has 0 aliphatic rings. The molecule has 1 unspecified atom stereocenters. The second-order valence-corrected chi connectivity index (χ2v) is 8.70. The normalized spacial score (nSPS) is 11.5. The van der Waals surface area contributed by atoms with Gasteiger partial charge in [0.05, 0.1) is 0 Å². The van der Waals surface area contributed by atoms with Crippen molar-refractivity contribution in [3.63, 3.8) is 0 Å². The molecule has 0 heterocycles. The quantitative estimate of drug-likeness (QED) is 0.370. The van der Waals surface area contributed by atoms with E-state index in [1.54, 1.807) is 18.2 Å². The van der Waals surface area contributed by atoms with E-state index >= 15 is 0 Å². The van der Waals surface area contributed by atoms with E-state index in [0.29, 0.717) is 5.39 Å². The Balaban J connectivity index is 0.000000194. The first-order chi connectivity index (χ1) is 15.9. The summed E-state index contributed by atoms with van der Waals surface area (Å²) in [6, 6.07) is 29.2. The molecule has 0 aromatic heterocycles. The average molecular weight is 462 g/mol. The Bertz CT molecular complexity index is 1190. The van der Waals surface area contributed by atoms with E-state index in [9.17, 15) is 19.2 Å². The minimum Gasteiger partial charge on any atom is -0.615 e. The van der Waals surface area contributed by atoms with E-state index < -0.39 is 23.1 Å². The van der Waals surface area contributed by atoms with Crippen molar-refractivity contribution in [2.24, 2.45) is 5.73 Å². The number of carbonyl (C=O) groups is 2. The maximum atomic E-state index is 12.4. The Morgan fingerprint density at radius 2 is 1.33 bits per heavy atom. The predicted molar refractivity (Wildman–Crippen MR) is 130 cm³/mol. The highest BCUT2D eigenvalue weighted by Crippen LogP contribution is 2.30. The first-order valence-electron chi connectivity index (χ1n) is 10.1. The summed E-state index contributed by atoms with van der Waals surface area (Å²) < 4.78 is 12.4. The topological polar surface area (TPSA) is 124 Å². The van der Waals surface area contributed by atoms with Crippen LogP contribution >= 0.6 is 0 Å². The number of carbonyl (C=O) groups excluding carboxylic acids is 1. The summed E-state index contributed by atoms with van der Waals surface area (Å²) in [6.45, 7) is 0. The molecular weight excluding hydrogens is 438 g/mol. The number of amides is 1. The molecule has 0 saturated heterocycles. The number of carboxylic acids is 1. The Labute approximate surface area is 194 Å². The number of aromatic carboxylic acids is 1. The van der Waals surface area contributed by atoms with Crippen LogP contribution in [0.3, 0.4) is 0 Å². The van der Waals surface area contributed by atoms with Gasteiger partial charge in [0, 0.05) is 16.5 Å². The van der Waals surface area contributed by atoms with E-state index in [0.717, 1.165) is 16.5 Å². The number of hydrogen-bond acceptors (Lipinski definition) is 4. The average Bonchev–Trinajstić information content (AvgIpc) is 2.81. The molecule has 0 aliphatic heterocycles. The third-order valence-electron chi connectivity index (χ3n) is 4.88. The van der Waals surface area contributed by atoms with Crippen molar-refractivity contribution < 1.29 is 24.4 Å². The van der Waals surface area contributed by atoms with Gasteiger partial charge < -0.3 is 20.5 Å². The molecule has 1 atom stereocenters. The van der Waals surface area contributed by atoms with Crippen LogP contribution in [0.4, 0.5) is 0 Å². The minimum atomic E-state index is -1.36. The number of hydrogen-bond donors (Lipinski definition) is 3. The molecule has 0 spiro atoms. The van der Waals surface area contributed by atoms with Crippen LogP contribution < -0.4 is 5.73 Å². The summed E-state index contributed by atoms with van der Waals surface area (Å²) in [5.41, 5.74) is 6.94. The molecule has 0 bridgehead atoms. The fourth-order valence-corrected chi connectivity index (χ4v) is 4.77. The van der Waals surface area contributed by atoms with E-state index in [4.69, 9.17) is 10.8 Å². The lowest BCUT2D eigenvalue weighted by Gasteiger charge is -2.21.